The summed E-state index contributed by atoms with van der Waals surface area (Å²) in [6, 6.07) is 13.7. The third-order valence-corrected chi connectivity index (χ3v) is 6.04. The van der Waals surface area contributed by atoms with Crippen molar-refractivity contribution in [2.45, 2.75) is 20.0 Å². The van der Waals surface area contributed by atoms with E-state index in [1.165, 1.54) is 5.69 Å². The van der Waals surface area contributed by atoms with Crippen molar-refractivity contribution in [3.63, 3.8) is 0 Å². The Kier molecular flexibility index (Phi) is 5.90. The Bertz CT molecular complexity index is 1380. The second kappa shape index (κ2) is 9.15. The highest BCUT2D eigenvalue weighted by atomic mass is 16.5. The number of rotatable bonds is 5. The SMILES string of the molecule is COc1ccc(-c2cc3cc[nH]c(=O)c3c(Nc3ccc(N4CCO[C@H](C)C4)c(C)c3)n2)cn1. The van der Waals surface area contributed by atoms with E-state index in [-0.39, 0.29) is 11.7 Å². The molecule has 5 rings (SSSR count). The predicted molar refractivity (Wildman–Crippen MR) is 134 cm³/mol. The number of H-pyrrole nitrogens is 1. The zero-order valence-corrected chi connectivity index (χ0v) is 19.5. The van der Waals surface area contributed by atoms with Crippen LogP contribution >= 0.6 is 0 Å². The monoisotopic (exact) mass is 457 g/mol. The van der Waals surface area contributed by atoms with E-state index in [0.717, 1.165) is 41.9 Å². The number of aromatic nitrogens is 3. The lowest BCUT2D eigenvalue weighted by Crippen LogP contribution is -2.41. The average molecular weight is 458 g/mol. The maximum absolute atomic E-state index is 12.7. The molecule has 0 bridgehead atoms. The number of hydrogen-bond acceptors (Lipinski definition) is 7. The lowest BCUT2D eigenvalue weighted by molar-refractivity contribution is 0.0532. The normalized spacial score (nSPS) is 16.0. The van der Waals surface area contributed by atoms with Crippen LogP contribution in [0.4, 0.5) is 17.2 Å². The van der Waals surface area contributed by atoms with Gasteiger partial charge in [-0.1, -0.05) is 0 Å². The summed E-state index contributed by atoms with van der Waals surface area (Å²) in [5.41, 5.74) is 4.56. The topological polar surface area (TPSA) is 92.4 Å². The van der Waals surface area contributed by atoms with E-state index in [9.17, 15) is 4.79 Å². The fraction of sp³-hybridized carbons (Fsp3) is 0.269. The number of anilines is 3. The molecular weight excluding hydrogens is 430 g/mol. The second-order valence-corrected chi connectivity index (χ2v) is 8.47. The van der Waals surface area contributed by atoms with Crippen LogP contribution in [-0.4, -0.2) is 47.9 Å². The minimum Gasteiger partial charge on any atom is -0.481 e. The third kappa shape index (κ3) is 4.32. The maximum atomic E-state index is 12.7. The zero-order valence-electron chi connectivity index (χ0n) is 19.5. The van der Waals surface area contributed by atoms with E-state index >= 15 is 0 Å². The predicted octanol–water partition coefficient (Wildman–Crippen LogP) is 4.27. The summed E-state index contributed by atoms with van der Waals surface area (Å²) >= 11 is 0. The fourth-order valence-electron chi connectivity index (χ4n) is 4.37. The van der Waals surface area contributed by atoms with Crippen molar-refractivity contribution in [2.24, 2.45) is 0 Å². The summed E-state index contributed by atoms with van der Waals surface area (Å²) < 4.78 is 10.8. The Balaban J connectivity index is 1.52. The first kappa shape index (κ1) is 21.9. The van der Waals surface area contributed by atoms with Gasteiger partial charge in [-0.05, 0) is 61.2 Å². The van der Waals surface area contributed by atoms with E-state index in [1.807, 2.05) is 24.3 Å². The number of nitrogens with one attached hydrogen (secondary N) is 2. The summed E-state index contributed by atoms with van der Waals surface area (Å²) in [7, 11) is 1.58. The number of ether oxygens (including phenoxy) is 2. The molecule has 1 saturated heterocycles. The Morgan fingerprint density at radius 2 is 2.09 bits per heavy atom. The van der Waals surface area contributed by atoms with Gasteiger partial charge in [0.1, 0.15) is 5.82 Å². The van der Waals surface area contributed by atoms with Crippen LogP contribution in [0.5, 0.6) is 5.88 Å². The molecule has 3 aromatic heterocycles. The quantitative estimate of drug-likeness (QED) is 0.462. The van der Waals surface area contributed by atoms with Gasteiger partial charge in [0.05, 0.1) is 30.9 Å². The number of benzene rings is 1. The Hall–Kier alpha value is -3.91. The first-order valence-corrected chi connectivity index (χ1v) is 11.3. The van der Waals surface area contributed by atoms with E-state index in [2.05, 4.69) is 46.2 Å². The Morgan fingerprint density at radius 3 is 2.82 bits per heavy atom. The Labute approximate surface area is 197 Å². The molecule has 1 aliphatic heterocycles. The van der Waals surface area contributed by atoms with Crippen LogP contribution in [0.3, 0.4) is 0 Å². The molecule has 0 radical (unpaired) electrons. The molecule has 0 amide bonds. The van der Waals surface area contributed by atoms with Gasteiger partial charge in [-0.3, -0.25) is 4.79 Å². The number of fused-ring (bicyclic) bond motifs is 1. The lowest BCUT2D eigenvalue weighted by Gasteiger charge is -2.34. The second-order valence-electron chi connectivity index (χ2n) is 8.47. The molecule has 0 unspecified atom stereocenters. The van der Waals surface area contributed by atoms with Gasteiger partial charge >= 0.3 is 0 Å². The summed E-state index contributed by atoms with van der Waals surface area (Å²) in [6.07, 6.45) is 3.57. The van der Waals surface area contributed by atoms with Crippen LogP contribution in [0.1, 0.15) is 12.5 Å². The first-order chi connectivity index (χ1) is 16.5. The number of nitrogens with zero attached hydrogens (tertiary/aromatic N) is 3. The van der Waals surface area contributed by atoms with Gasteiger partial charge in [0, 0.05) is 48.5 Å². The molecule has 1 fully saturated rings. The van der Waals surface area contributed by atoms with Crippen molar-refractivity contribution in [2.75, 3.05) is 37.0 Å². The minimum atomic E-state index is -0.192. The molecule has 34 heavy (non-hydrogen) atoms. The van der Waals surface area contributed by atoms with Crippen molar-refractivity contribution < 1.29 is 9.47 Å². The standard InChI is InChI=1S/C26H27N5O3/c1-16-12-20(5-6-22(16)31-10-11-34-17(2)15-31)29-25-24-18(8-9-27-26(24)32)13-21(30-25)19-4-7-23(33-3)28-14-19/h4-9,12-14,17H,10-11,15H2,1-3H3,(H,27,32)(H,29,30)/t17-/m1/s1. The molecule has 0 aliphatic carbocycles. The van der Waals surface area contributed by atoms with E-state index in [4.69, 9.17) is 14.5 Å². The van der Waals surface area contributed by atoms with E-state index < -0.39 is 0 Å². The summed E-state index contributed by atoms with van der Waals surface area (Å²) in [6.45, 7) is 6.66. The zero-order chi connectivity index (χ0) is 23.7. The van der Waals surface area contributed by atoms with Crippen LogP contribution in [0.2, 0.25) is 0 Å². The molecule has 1 aromatic carbocycles. The molecule has 2 N–H and O–H groups in total. The largest absolute Gasteiger partial charge is 0.481 e. The Morgan fingerprint density at radius 1 is 1.21 bits per heavy atom. The van der Waals surface area contributed by atoms with Crippen LogP contribution in [-0.2, 0) is 4.74 Å². The smallest absolute Gasteiger partial charge is 0.259 e. The van der Waals surface area contributed by atoms with Crippen molar-refractivity contribution in [1.29, 1.82) is 0 Å². The van der Waals surface area contributed by atoms with Gasteiger partial charge in [-0.15, -0.1) is 0 Å². The van der Waals surface area contributed by atoms with Crippen molar-refractivity contribution in [3.8, 4) is 17.1 Å². The number of methoxy groups -OCH3 is 1. The molecular formula is C26H27N5O3. The number of aromatic amines is 1. The molecule has 4 aromatic rings. The van der Waals surface area contributed by atoms with Gasteiger partial charge in [-0.25, -0.2) is 9.97 Å². The van der Waals surface area contributed by atoms with Crippen LogP contribution < -0.4 is 20.5 Å². The molecule has 1 atom stereocenters. The molecule has 0 saturated carbocycles. The molecule has 8 heteroatoms. The summed E-state index contributed by atoms with van der Waals surface area (Å²) in [5, 5.41) is 4.69. The first-order valence-electron chi connectivity index (χ1n) is 11.3. The minimum absolute atomic E-state index is 0.192. The molecule has 8 nitrogen and oxygen atoms in total. The van der Waals surface area contributed by atoms with E-state index in [1.54, 1.807) is 25.6 Å². The fourth-order valence-corrected chi connectivity index (χ4v) is 4.37. The number of hydrogen-bond donors (Lipinski definition) is 2. The summed E-state index contributed by atoms with van der Waals surface area (Å²) in [5.74, 6) is 1.03. The van der Waals surface area contributed by atoms with Gasteiger partial charge in [0.15, 0.2) is 0 Å². The van der Waals surface area contributed by atoms with Gasteiger partial charge in [-0.2, -0.15) is 0 Å². The molecule has 4 heterocycles. The highest BCUT2D eigenvalue weighted by molar-refractivity contribution is 5.95. The molecule has 174 valence electrons. The van der Waals surface area contributed by atoms with E-state index in [0.29, 0.717) is 22.8 Å². The van der Waals surface area contributed by atoms with Gasteiger partial charge in [0.25, 0.3) is 5.56 Å². The maximum Gasteiger partial charge on any atom is 0.259 e. The number of aryl methyl sites for hydroxylation is 1. The lowest BCUT2D eigenvalue weighted by atomic mass is 10.1. The van der Waals surface area contributed by atoms with Crippen LogP contribution in [0.15, 0.2) is 59.7 Å². The van der Waals surface area contributed by atoms with Crippen molar-refractivity contribution in [1.82, 2.24) is 15.0 Å². The van der Waals surface area contributed by atoms with Crippen molar-refractivity contribution in [3.05, 3.63) is 70.8 Å². The molecule has 0 spiro atoms. The number of pyridine rings is 3. The number of morpholine rings is 1. The highest BCUT2D eigenvalue weighted by Gasteiger charge is 2.19. The molecule has 1 aliphatic rings. The summed E-state index contributed by atoms with van der Waals surface area (Å²) in [4.78, 5) is 26.9. The highest BCUT2D eigenvalue weighted by Crippen LogP contribution is 2.30. The average Bonchev–Trinajstić information content (AvgIpc) is 2.84. The van der Waals surface area contributed by atoms with Crippen molar-refractivity contribution >= 4 is 28.0 Å². The third-order valence-electron chi connectivity index (χ3n) is 6.04. The van der Waals surface area contributed by atoms with Gasteiger partial charge in [0.2, 0.25) is 5.88 Å². The van der Waals surface area contributed by atoms with Crippen LogP contribution in [0.25, 0.3) is 22.0 Å². The van der Waals surface area contributed by atoms with Crippen LogP contribution in [0, 0.1) is 6.92 Å². The van der Waals surface area contributed by atoms with Gasteiger partial charge < -0.3 is 24.7 Å².